The van der Waals surface area contributed by atoms with E-state index in [0.29, 0.717) is 6.29 Å². The maximum Gasteiger partial charge on any atom is 0.224 e. The molecular weight excluding hydrogens is 117 g/mol. The molecular formula is C3H6ClNO2. The lowest BCUT2D eigenvalue weighted by Gasteiger charge is -1.73. The molecule has 0 rings (SSSR count). The molecule has 0 atom stereocenters. The average Bonchev–Trinajstić information content (AvgIpc) is 1.35. The van der Waals surface area contributed by atoms with Crippen molar-refractivity contribution in [2.75, 3.05) is 0 Å². The van der Waals surface area contributed by atoms with E-state index in [1.807, 2.05) is 0 Å². The molecule has 3 nitrogen and oxygen atoms in total. The lowest BCUT2D eigenvalue weighted by molar-refractivity contribution is -0.121. The van der Waals surface area contributed by atoms with Crippen molar-refractivity contribution in [3.05, 3.63) is 0 Å². The number of aldehydes is 1. The van der Waals surface area contributed by atoms with Crippen molar-refractivity contribution in [3.63, 3.8) is 0 Å². The quantitative estimate of drug-likeness (QED) is 0.397. The van der Waals surface area contributed by atoms with Gasteiger partial charge in [0.25, 0.3) is 0 Å². The number of carbonyl (C=O) groups excluding carboxylic acids is 2. The van der Waals surface area contributed by atoms with Crippen molar-refractivity contribution in [1.82, 2.24) is 0 Å². The van der Waals surface area contributed by atoms with Gasteiger partial charge in [-0.1, -0.05) is 0 Å². The lowest BCUT2D eigenvalue weighted by atomic mass is 10.5. The standard InChI is InChI=1S/C3H5NO2.ClH/c4-3(6)1-2-5;/h2H,1H2,(H2,4,6);1H. The summed E-state index contributed by atoms with van der Waals surface area (Å²) in [7, 11) is 0. The van der Waals surface area contributed by atoms with Crippen LogP contribution in [-0.2, 0) is 9.59 Å². The Morgan fingerprint density at radius 2 is 2.14 bits per heavy atom. The number of hydrogen-bond acceptors (Lipinski definition) is 2. The molecule has 0 bridgehead atoms. The Morgan fingerprint density at radius 3 is 2.14 bits per heavy atom. The van der Waals surface area contributed by atoms with E-state index < -0.39 is 5.91 Å². The summed E-state index contributed by atoms with van der Waals surface area (Å²) in [6.45, 7) is 0. The van der Waals surface area contributed by atoms with E-state index in [1.54, 1.807) is 0 Å². The van der Waals surface area contributed by atoms with Crippen molar-refractivity contribution >= 4 is 24.6 Å². The van der Waals surface area contributed by atoms with E-state index in [-0.39, 0.29) is 18.8 Å². The third kappa shape index (κ3) is 10.8. The number of amides is 1. The first-order valence-electron chi connectivity index (χ1n) is 1.49. The van der Waals surface area contributed by atoms with Crippen LogP contribution in [0.15, 0.2) is 0 Å². The first-order chi connectivity index (χ1) is 2.77. The van der Waals surface area contributed by atoms with Gasteiger partial charge in [0.1, 0.15) is 6.29 Å². The van der Waals surface area contributed by atoms with Crippen LogP contribution in [0.1, 0.15) is 6.42 Å². The molecule has 4 heteroatoms. The number of primary amides is 1. The van der Waals surface area contributed by atoms with Crippen molar-refractivity contribution in [2.24, 2.45) is 5.73 Å². The number of hydrogen-bond donors (Lipinski definition) is 1. The van der Waals surface area contributed by atoms with Crippen LogP contribution in [0.2, 0.25) is 0 Å². The molecule has 0 radical (unpaired) electrons. The first-order valence-corrected chi connectivity index (χ1v) is 1.49. The van der Waals surface area contributed by atoms with Gasteiger partial charge in [-0.2, -0.15) is 0 Å². The van der Waals surface area contributed by atoms with E-state index in [1.165, 1.54) is 0 Å². The molecule has 0 aliphatic carbocycles. The molecule has 0 aromatic carbocycles. The highest BCUT2D eigenvalue weighted by Gasteiger charge is 1.84. The fourth-order valence-corrected chi connectivity index (χ4v) is 0.0821. The second kappa shape index (κ2) is 5.43. The van der Waals surface area contributed by atoms with E-state index >= 15 is 0 Å². The van der Waals surface area contributed by atoms with Crippen LogP contribution in [0.5, 0.6) is 0 Å². The van der Waals surface area contributed by atoms with E-state index in [9.17, 15) is 9.59 Å². The Bertz CT molecular complexity index is 73.3. The predicted molar refractivity (Wildman–Crippen MR) is 27.1 cm³/mol. The van der Waals surface area contributed by atoms with Crippen molar-refractivity contribution < 1.29 is 9.59 Å². The highest BCUT2D eigenvalue weighted by atomic mass is 35.5. The van der Waals surface area contributed by atoms with Crippen molar-refractivity contribution in [1.29, 1.82) is 0 Å². The molecule has 0 spiro atoms. The summed E-state index contributed by atoms with van der Waals surface area (Å²) in [4.78, 5) is 18.9. The zero-order valence-electron chi connectivity index (χ0n) is 3.59. The van der Waals surface area contributed by atoms with E-state index in [4.69, 9.17) is 0 Å². The Kier molecular flexibility index (Phi) is 7.49. The molecule has 1 amide bonds. The number of carbonyl (C=O) groups is 2. The minimum atomic E-state index is -0.579. The fraction of sp³-hybridized carbons (Fsp3) is 0.333. The van der Waals surface area contributed by atoms with Crippen LogP contribution in [-0.4, -0.2) is 12.2 Å². The molecule has 0 fully saturated rings. The molecule has 0 aromatic rings. The Morgan fingerprint density at radius 1 is 1.71 bits per heavy atom. The van der Waals surface area contributed by atoms with Gasteiger partial charge < -0.3 is 10.5 Å². The van der Waals surface area contributed by atoms with Crippen LogP contribution >= 0.6 is 12.4 Å². The largest absolute Gasteiger partial charge is 0.369 e. The number of nitrogens with two attached hydrogens (primary N) is 1. The summed E-state index contributed by atoms with van der Waals surface area (Å²) in [5.74, 6) is -0.579. The molecule has 0 saturated heterocycles. The highest BCUT2D eigenvalue weighted by molar-refractivity contribution is 5.86. The van der Waals surface area contributed by atoms with Crippen molar-refractivity contribution in [3.8, 4) is 0 Å². The Balaban J connectivity index is 0. The van der Waals surface area contributed by atoms with E-state index in [0.717, 1.165) is 0 Å². The Labute approximate surface area is 47.3 Å². The summed E-state index contributed by atoms with van der Waals surface area (Å²) in [6.07, 6.45) is 0.308. The minimum Gasteiger partial charge on any atom is -0.369 e. The van der Waals surface area contributed by atoms with Crippen LogP contribution in [0, 0.1) is 0 Å². The second-order valence-electron chi connectivity index (χ2n) is 0.837. The zero-order valence-corrected chi connectivity index (χ0v) is 4.40. The topological polar surface area (TPSA) is 60.2 Å². The third-order valence-electron chi connectivity index (χ3n) is 0.285. The van der Waals surface area contributed by atoms with Crippen LogP contribution < -0.4 is 5.73 Å². The van der Waals surface area contributed by atoms with Gasteiger partial charge in [-0.25, -0.2) is 0 Å². The van der Waals surface area contributed by atoms with Gasteiger partial charge in [-0.05, 0) is 0 Å². The van der Waals surface area contributed by atoms with Gasteiger partial charge in [-0.15, -0.1) is 12.4 Å². The second-order valence-corrected chi connectivity index (χ2v) is 0.837. The zero-order chi connectivity index (χ0) is 4.99. The molecule has 0 aliphatic rings. The summed E-state index contributed by atoms with van der Waals surface area (Å²) < 4.78 is 0. The molecule has 2 N–H and O–H groups in total. The Hall–Kier alpha value is -0.570. The van der Waals surface area contributed by atoms with Crippen LogP contribution in [0.4, 0.5) is 0 Å². The molecule has 0 unspecified atom stereocenters. The van der Waals surface area contributed by atoms with Gasteiger partial charge in [0.2, 0.25) is 5.91 Å². The summed E-state index contributed by atoms with van der Waals surface area (Å²) >= 11 is 0. The normalized spacial score (nSPS) is 6.29. The fourth-order valence-electron chi connectivity index (χ4n) is 0.0821. The molecule has 7 heavy (non-hydrogen) atoms. The molecule has 0 saturated carbocycles. The summed E-state index contributed by atoms with van der Waals surface area (Å²) in [6, 6.07) is 0. The monoisotopic (exact) mass is 123 g/mol. The lowest BCUT2D eigenvalue weighted by Crippen LogP contribution is -2.09. The van der Waals surface area contributed by atoms with Gasteiger partial charge >= 0.3 is 0 Å². The average molecular weight is 124 g/mol. The van der Waals surface area contributed by atoms with Crippen LogP contribution in [0.25, 0.3) is 0 Å². The summed E-state index contributed by atoms with van der Waals surface area (Å²) in [5, 5.41) is 0. The number of rotatable bonds is 2. The first kappa shape index (κ1) is 9.66. The van der Waals surface area contributed by atoms with Crippen LogP contribution in [0.3, 0.4) is 0 Å². The highest BCUT2D eigenvalue weighted by Crippen LogP contribution is 1.60. The molecule has 0 heterocycles. The molecule has 42 valence electrons. The molecule has 0 aromatic heterocycles. The maximum absolute atomic E-state index is 9.59. The van der Waals surface area contributed by atoms with Crippen molar-refractivity contribution in [2.45, 2.75) is 6.42 Å². The smallest absolute Gasteiger partial charge is 0.224 e. The van der Waals surface area contributed by atoms with E-state index in [2.05, 4.69) is 5.73 Å². The van der Waals surface area contributed by atoms with Gasteiger partial charge in [-0.3, -0.25) is 4.79 Å². The minimum absolute atomic E-state index is 0. The summed E-state index contributed by atoms with van der Waals surface area (Å²) in [5.41, 5.74) is 4.53. The number of halogens is 1. The van der Waals surface area contributed by atoms with Gasteiger partial charge in [0, 0.05) is 0 Å². The predicted octanol–water partition coefficient (Wildman–Crippen LogP) is -0.518. The maximum atomic E-state index is 9.59. The molecule has 0 aliphatic heterocycles. The SMILES string of the molecule is Cl.NC(=O)CC=O. The van der Waals surface area contributed by atoms with Gasteiger partial charge in [0.15, 0.2) is 0 Å². The third-order valence-corrected chi connectivity index (χ3v) is 0.285. The van der Waals surface area contributed by atoms with Gasteiger partial charge in [0.05, 0.1) is 6.42 Å².